The first-order valence-corrected chi connectivity index (χ1v) is 4.08. The molecule has 1 aliphatic rings. The summed E-state index contributed by atoms with van der Waals surface area (Å²) in [5.74, 6) is -1.58. The average Bonchev–Trinajstić information content (AvgIpc) is 1.95. The molecule has 0 unspecified atom stereocenters. The predicted molar refractivity (Wildman–Crippen MR) is 44.6 cm³/mol. The molecule has 0 saturated carbocycles. The molecule has 0 fully saturated rings. The third kappa shape index (κ3) is 2.58. The largest absolute Gasteiger partial charge is 0.204 e. The van der Waals surface area contributed by atoms with Crippen LogP contribution in [0, 0.1) is 0 Å². The highest BCUT2D eigenvalue weighted by Gasteiger charge is 2.04. The molecule has 0 radical (unpaired) electrons. The van der Waals surface area contributed by atoms with Gasteiger partial charge in [-0.05, 0) is 25.0 Å². The Labute approximate surface area is 72.4 Å². The lowest BCUT2D eigenvalue weighted by Gasteiger charge is -1.98. The first-order valence-electron chi connectivity index (χ1n) is 3.29. The molecule has 0 aromatic carbocycles. The van der Waals surface area contributed by atoms with Gasteiger partial charge in [0.1, 0.15) is 0 Å². The van der Waals surface area contributed by atoms with Crippen LogP contribution in [-0.2, 0) is 0 Å². The zero-order valence-electron chi connectivity index (χ0n) is 5.78. The maximum absolute atomic E-state index is 12.6. The fraction of sp³-hybridized carbons (Fsp3) is 0.250. The van der Waals surface area contributed by atoms with Gasteiger partial charge in [-0.25, -0.2) is 8.78 Å². The van der Waals surface area contributed by atoms with Crippen LogP contribution in [0.4, 0.5) is 8.78 Å². The van der Waals surface area contributed by atoms with E-state index in [1.807, 2.05) is 6.08 Å². The van der Waals surface area contributed by atoms with Crippen molar-refractivity contribution in [2.24, 2.45) is 0 Å². The van der Waals surface area contributed by atoms with Gasteiger partial charge >= 0.3 is 0 Å². The van der Waals surface area contributed by atoms with E-state index in [0.29, 0.717) is 10.9 Å². The number of hydrogen-bond acceptors (Lipinski definition) is 0. The normalized spacial score (nSPS) is 33.5. The SMILES string of the molecule is FC1=C/CC\C=C(Br)/C=C\1F. The molecule has 0 amide bonds. The van der Waals surface area contributed by atoms with E-state index in [2.05, 4.69) is 15.9 Å². The smallest absolute Gasteiger partial charge is 0.159 e. The van der Waals surface area contributed by atoms with Crippen molar-refractivity contribution in [2.45, 2.75) is 12.8 Å². The molecule has 3 heteroatoms. The van der Waals surface area contributed by atoms with E-state index in [1.54, 1.807) is 0 Å². The summed E-state index contributed by atoms with van der Waals surface area (Å²) in [6, 6.07) is 0. The van der Waals surface area contributed by atoms with Crippen molar-refractivity contribution in [3.8, 4) is 0 Å². The van der Waals surface area contributed by atoms with Crippen LogP contribution in [-0.4, -0.2) is 0 Å². The summed E-state index contributed by atoms with van der Waals surface area (Å²) in [6.45, 7) is 0. The Bertz CT molecular complexity index is 238. The van der Waals surface area contributed by atoms with Crippen LogP contribution in [0.5, 0.6) is 0 Å². The van der Waals surface area contributed by atoms with E-state index < -0.39 is 11.7 Å². The monoisotopic (exact) mass is 220 g/mol. The van der Waals surface area contributed by atoms with Crippen molar-refractivity contribution in [3.05, 3.63) is 34.4 Å². The maximum Gasteiger partial charge on any atom is 0.159 e. The van der Waals surface area contributed by atoms with E-state index in [1.165, 1.54) is 6.08 Å². The van der Waals surface area contributed by atoms with E-state index >= 15 is 0 Å². The lowest BCUT2D eigenvalue weighted by molar-refractivity contribution is 0.540. The summed E-state index contributed by atoms with van der Waals surface area (Å²) >= 11 is 3.09. The Hall–Kier alpha value is -0.440. The van der Waals surface area contributed by atoms with E-state index in [0.717, 1.165) is 12.5 Å². The summed E-state index contributed by atoms with van der Waals surface area (Å²) in [7, 11) is 0. The van der Waals surface area contributed by atoms with Crippen LogP contribution in [0.1, 0.15) is 12.8 Å². The highest BCUT2D eigenvalue weighted by Crippen LogP contribution is 2.22. The molecule has 0 aromatic heterocycles. The van der Waals surface area contributed by atoms with Gasteiger partial charge in [-0.15, -0.1) is 0 Å². The molecule has 0 saturated heterocycles. The van der Waals surface area contributed by atoms with Gasteiger partial charge in [-0.3, -0.25) is 0 Å². The first-order chi connectivity index (χ1) is 5.20. The molecular formula is C8H7BrF2. The molecule has 0 atom stereocenters. The Morgan fingerprint density at radius 1 is 1.09 bits per heavy atom. The minimum absolute atomic E-state index is 0.544. The standard InChI is InChI=1S/C8H7BrF2/c9-6-3-1-2-4-7(10)8(11)5-6/h3-5H,1-2H2/b6-3+,7-4+,8-5+. The highest BCUT2D eigenvalue weighted by atomic mass is 79.9. The van der Waals surface area contributed by atoms with Crippen LogP contribution in [0.25, 0.3) is 0 Å². The van der Waals surface area contributed by atoms with Crippen LogP contribution in [0.15, 0.2) is 34.4 Å². The van der Waals surface area contributed by atoms with Gasteiger partial charge in [0.25, 0.3) is 0 Å². The van der Waals surface area contributed by atoms with E-state index in [-0.39, 0.29) is 0 Å². The number of halogens is 3. The molecule has 0 aromatic rings. The quantitative estimate of drug-likeness (QED) is 0.584. The molecule has 0 bridgehead atoms. The van der Waals surface area contributed by atoms with Gasteiger partial charge in [-0.1, -0.05) is 22.0 Å². The molecule has 0 heterocycles. The highest BCUT2D eigenvalue weighted by molar-refractivity contribution is 9.11. The van der Waals surface area contributed by atoms with Gasteiger partial charge < -0.3 is 0 Å². The minimum Gasteiger partial charge on any atom is -0.204 e. The molecule has 0 N–H and O–H groups in total. The third-order valence-corrected chi connectivity index (χ3v) is 1.87. The molecule has 0 aliphatic heterocycles. The Morgan fingerprint density at radius 3 is 2.45 bits per heavy atom. The minimum atomic E-state index is -0.812. The number of hydrogen-bond donors (Lipinski definition) is 0. The summed E-state index contributed by atoms with van der Waals surface area (Å²) in [5.41, 5.74) is 0. The summed E-state index contributed by atoms with van der Waals surface area (Å²) in [5, 5.41) is 0. The van der Waals surface area contributed by atoms with Crippen molar-refractivity contribution >= 4 is 15.9 Å². The van der Waals surface area contributed by atoms with Crippen LogP contribution in [0.3, 0.4) is 0 Å². The predicted octanol–water partition coefficient (Wildman–Crippen LogP) is 3.77. The fourth-order valence-electron chi connectivity index (χ4n) is 0.778. The summed E-state index contributed by atoms with van der Waals surface area (Å²) in [4.78, 5) is 0. The molecule has 0 spiro atoms. The Morgan fingerprint density at radius 2 is 1.73 bits per heavy atom. The van der Waals surface area contributed by atoms with E-state index in [4.69, 9.17) is 0 Å². The van der Waals surface area contributed by atoms with Gasteiger partial charge in [-0.2, -0.15) is 0 Å². The lowest BCUT2D eigenvalue weighted by atomic mass is 10.2. The van der Waals surface area contributed by atoms with Crippen molar-refractivity contribution in [1.82, 2.24) is 0 Å². The fourth-order valence-corrected chi connectivity index (χ4v) is 1.21. The van der Waals surface area contributed by atoms with Gasteiger partial charge in [0.15, 0.2) is 11.7 Å². The Kier molecular flexibility index (Phi) is 3.00. The molecule has 1 rings (SSSR count). The first kappa shape index (κ1) is 8.65. The molecule has 60 valence electrons. The molecule has 1 aliphatic carbocycles. The summed E-state index contributed by atoms with van der Waals surface area (Å²) < 4.78 is 25.8. The Balaban J connectivity index is 2.91. The molecular weight excluding hydrogens is 214 g/mol. The van der Waals surface area contributed by atoms with Crippen molar-refractivity contribution in [2.75, 3.05) is 0 Å². The van der Waals surface area contributed by atoms with Gasteiger partial charge in [0.05, 0.1) is 0 Å². The second kappa shape index (κ2) is 3.81. The van der Waals surface area contributed by atoms with Crippen molar-refractivity contribution in [3.63, 3.8) is 0 Å². The molecule has 11 heavy (non-hydrogen) atoms. The second-order valence-corrected chi connectivity index (χ2v) is 3.13. The average molecular weight is 221 g/mol. The number of rotatable bonds is 0. The summed E-state index contributed by atoms with van der Waals surface area (Å²) in [6.07, 6.45) is 5.47. The maximum atomic E-state index is 12.6. The topological polar surface area (TPSA) is 0 Å². The zero-order valence-corrected chi connectivity index (χ0v) is 7.37. The molecule has 0 nitrogen and oxygen atoms in total. The van der Waals surface area contributed by atoms with Gasteiger partial charge in [0.2, 0.25) is 0 Å². The van der Waals surface area contributed by atoms with Crippen LogP contribution in [0.2, 0.25) is 0 Å². The van der Waals surface area contributed by atoms with Crippen LogP contribution >= 0.6 is 15.9 Å². The number of allylic oxidation sites excluding steroid dienone is 6. The third-order valence-electron chi connectivity index (χ3n) is 1.32. The zero-order chi connectivity index (χ0) is 8.27. The van der Waals surface area contributed by atoms with E-state index in [9.17, 15) is 8.78 Å². The van der Waals surface area contributed by atoms with Crippen molar-refractivity contribution < 1.29 is 8.78 Å². The van der Waals surface area contributed by atoms with Crippen molar-refractivity contribution in [1.29, 1.82) is 0 Å². The second-order valence-electron chi connectivity index (χ2n) is 2.21. The van der Waals surface area contributed by atoms with Gasteiger partial charge in [0, 0.05) is 4.48 Å². The lowest BCUT2D eigenvalue weighted by Crippen LogP contribution is -1.81. The van der Waals surface area contributed by atoms with Crippen LogP contribution < -0.4 is 0 Å².